The van der Waals surface area contributed by atoms with Gasteiger partial charge in [0.25, 0.3) is 0 Å². The van der Waals surface area contributed by atoms with E-state index in [0.717, 1.165) is 26.2 Å². The zero-order chi connectivity index (χ0) is 13.0. The fourth-order valence-corrected chi connectivity index (χ4v) is 2.44. The smallest absolute Gasteiger partial charge is 0.165 e. The molecule has 1 saturated heterocycles. The molecule has 3 nitrogen and oxygen atoms in total. The Morgan fingerprint density at radius 1 is 1.50 bits per heavy atom. The van der Waals surface area contributed by atoms with Gasteiger partial charge in [-0.05, 0) is 31.9 Å². The van der Waals surface area contributed by atoms with E-state index in [1.165, 1.54) is 12.5 Å². The summed E-state index contributed by atoms with van der Waals surface area (Å²) in [7, 11) is 1.99. The first-order valence-corrected chi connectivity index (χ1v) is 6.39. The zero-order valence-corrected chi connectivity index (χ0v) is 10.7. The van der Waals surface area contributed by atoms with Gasteiger partial charge >= 0.3 is 0 Å². The molecule has 0 aliphatic carbocycles. The second-order valence-corrected chi connectivity index (χ2v) is 5.03. The second-order valence-electron chi connectivity index (χ2n) is 5.03. The number of phenols is 1. The number of hydrogen-bond donors (Lipinski definition) is 1. The molecule has 0 bridgehead atoms. The Bertz CT molecular complexity index is 391. The average Bonchev–Trinajstić information content (AvgIpc) is 2.36. The lowest BCUT2D eigenvalue weighted by Crippen LogP contribution is -2.30. The molecule has 0 aromatic heterocycles. The molecule has 0 radical (unpaired) electrons. The lowest BCUT2D eigenvalue weighted by atomic mass is 10.0. The molecular formula is C14H20FNO2. The van der Waals surface area contributed by atoms with Gasteiger partial charge in [0, 0.05) is 25.3 Å². The van der Waals surface area contributed by atoms with Crippen molar-refractivity contribution in [3.8, 4) is 5.75 Å². The summed E-state index contributed by atoms with van der Waals surface area (Å²) in [4.78, 5) is 2.10. The van der Waals surface area contributed by atoms with Crippen molar-refractivity contribution in [3.05, 3.63) is 29.6 Å². The van der Waals surface area contributed by atoms with Gasteiger partial charge in [-0.2, -0.15) is 0 Å². The molecule has 1 fully saturated rings. The fraction of sp³-hybridized carbons (Fsp3) is 0.571. The molecule has 100 valence electrons. The molecule has 1 unspecified atom stereocenters. The van der Waals surface area contributed by atoms with Crippen LogP contribution in [0.25, 0.3) is 0 Å². The van der Waals surface area contributed by atoms with Gasteiger partial charge in [-0.3, -0.25) is 0 Å². The molecule has 1 N–H and O–H groups in total. The van der Waals surface area contributed by atoms with E-state index in [-0.39, 0.29) is 5.75 Å². The van der Waals surface area contributed by atoms with Gasteiger partial charge < -0.3 is 14.7 Å². The molecule has 2 rings (SSSR count). The number of benzene rings is 1. The van der Waals surface area contributed by atoms with Crippen LogP contribution < -0.4 is 0 Å². The third-order valence-corrected chi connectivity index (χ3v) is 3.34. The van der Waals surface area contributed by atoms with Crippen molar-refractivity contribution in [2.24, 2.45) is 5.92 Å². The van der Waals surface area contributed by atoms with Crippen LogP contribution in [0.2, 0.25) is 0 Å². The number of hydrogen-bond acceptors (Lipinski definition) is 3. The first-order valence-electron chi connectivity index (χ1n) is 6.39. The molecule has 1 heterocycles. The highest BCUT2D eigenvalue weighted by molar-refractivity contribution is 5.33. The van der Waals surface area contributed by atoms with Crippen molar-refractivity contribution < 1.29 is 14.2 Å². The minimum absolute atomic E-state index is 0.232. The molecule has 1 atom stereocenters. The molecule has 0 saturated carbocycles. The molecule has 18 heavy (non-hydrogen) atoms. The highest BCUT2D eigenvalue weighted by Gasteiger charge is 2.17. The Morgan fingerprint density at radius 3 is 3.06 bits per heavy atom. The summed E-state index contributed by atoms with van der Waals surface area (Å²) in [6.45, 7) is 3.14. The van der Waals surface area contributed by atoms with E-state index in [0.29, 0.717) is 18.0 Å². The summed E-state index contributed by atoms with van der Waals surface area (Å²) in [5.74, 6) is -0.245. The Kier molecular flexibility index (Phi) is 4.55. The number of phenolic OH excluding ortho intramolecular Hbond substituents is 1. The monoisotopic (exact) mass is 253 g/mol. The third-order valence-electron chi connectivity index (χ3n) is 3.34. The molecule has 1 aliphatic heterocycles. The predicted molar refractivity (Wildman–Crippen MR) is 67.9 cm³/mol. The van der Waals surface area contributed by atoms with Crippen LogP contribution in [-0.2, 0) is 11.3 Å². The van der Waals surface area contributed by atoms with Gasteiger partial charge in [-0.25, -0.2) is 4.39 Å². The van der Waals surface area contributed by atoms with Crippen LogP contribution >= 0.6 is 0 Å². The number of ether oxygens (including phenoxy) is 1. The number of nitrogens with zero attached hydrogens (tertiary/aromatic N) is 1. The Morgan fingerprint density at radius 2 is 2.33 bits per heavy atom. The lowest BCUT2D eigenvalue weighted by molar-refractivity contribution is 0.0410. The van der Waals surface area contributed by atoms with Gasteiger partial charge in [0.1, 0.15) is 0 Å². The maximum Gasteiger partial charge on any atom is 0.165 e. The van der Waals surface area contributed by atoms with Gasteiger partial charge in [-0.15, -0.1) is 0 Å². The highest BCUT2D eigenvalue weighted by atomic mass is 19.1. The minimum atomic E-state index is -0.554. The molecule has 1 aliphatic rings. The van der Waals surface area contributed by atoms with E-state index in [1.54, 1.807) is 12.1 Å². The maximum absolute atomic E-state index is 13.2. The van der Waals surface area contributed by atoms with Crippen molar-refractivity contribution in [1.29, 1.82) is 0 Å². The number of aromatic hydroxyl groups is 1. The van der Waals surface area contributed by atoms with Crippen LogP contribution in [-0.4, -0.2) is 36.8 Å². The first kappa shape index (κ1) is 13.3. The quantitative estimate of drug-likeness (QED) is 0.894. The predicted octanol–water partition coefficient (Wildman–Crippen LogP) is 2.39. The maximum atomic E-state index is 13.2. The summed E-state index contributed by atoms with van der Waals surface area (Å²) < 4.78 is 18.6. The number of para-hydroxylation sites is 1. The van der Waals surface area contributed by atoms with E-state index in [9.17, 15) is 9.50 Å². The lowest BCUT2D eigenvalue weighted by Gasteiger charge is -2.27. The third kappa shape index (κ3) is 3.43. The normalized spacial score (nSPS) is 20.3. The standard InChI is InChI=1S/C14H20FNO2/c1-16(8-11-4-3-7-18-10-11)9-12-5-2-6-13(15)14(12)17/h2,5-6,11,17H,3-4,7-10H2,1H3. The first-order chi connectivity index (χ1) is 8.66. The van der Waals surface area contributed by atoms with Gasteiger partial charge in [0.15, 0.2) is 11.6 Å². The number of rotatable bonds is 4. The van der Waals surface area contributed by atoms with E-state index in [1.807, 2.05) is 7.05 Å². The SMILES string of the molecule is CN(Cc1cccc(F)c1O)CC1CCCOC1. The molecule has 0 spiro atoms. The molecule has 1 aromatic rings. The molecule has 1 aromatic carbocycles. The van der Waals surface area contributed by atoms with Gasteiger partial charge in [0.2, 0.25) is 0 Å². The summed E-state index contributed by atoms with van der Waals surface area (Å²) in [5.41, 5.74) is 0.634. The summed E-state index contributed by atoms with van der Waals surface area (Å²) >= 11 is 0. The molecular weight excluding hydrogens is 233 g/mol. The van der Waals surface area contributed by atoms with Crippen LogP contribution in [0.1, 0.15) is 18.4 Å². The van der Waals surface area contributed by atoms with Crippen molar-refractivity contribution in [3.63, 3.8) is 0 Å². The van der Waals surface area contributed by atoms with Crippen molar-refractivity contribution >= 4 is 0 Å². The fourth-order valence-electron chi connectivity index (χ4n) is 2.44. The minimum Gasteiger partial charge on any atom is -0.505 e. The second kappa shape index (κ2) is 6.16. The Labute approximate surface area is 107 Å². The number of halogens is 1. The largest absolute Gasteiger partial charge is 0.505 e. The molecule has 4 heteroatoms. The average molecular weight is 253 g/mol. The van der Waals surface area contributed by atoms with Crippen molar-refractivity contribution in [2.75, 3.05) is 26.8 Å². The van der Waals surface area contributed by atoms with E-state index in [4.69, 9.17) is 4.74 Å². The van der Waals surface area contributed by atoms with E-state index >= 15 is 0 Å². The van der Waals surface area contributed by atoms with Crippen LogP contribution in [0.15, 0.2) is 18.2 Å². The Hall–Kier alpha value is -1.13. The summed E-state index contributed by atoms with van der Waals surface area (Å²) in [6.07, 6.45) is 2.29. The topological polar surface area (TPSA) is 32.7 Å². The van der Waals surface area contributed by atoms with Crippen LogP contribution in [0.5, 0.6) is 5.75 Å². The van der Waals surface area contributed by atoms with E-state index < -0.39 is 5.82 Å². The Balaban J connectivity index is 1.90. The van der Waals surface area contributed by atoms with Crippen LogP contribution in [0.3, 0.4) is 0 Å². The highest BCUT2D eigenvalue weighted by Crippen LogP contribution is 2.22. The van der Waals surface area contributed by atoms with E-state index in [2.05, 4.69) is 4.90 Å². The summed E-state index contributed by atoms with van der Waals surface area (Å²) in [6, 6.07) is 4.65. The van der Waals surface area contributed by atoms with Crippen LogP contribution in [0.4, 0.5) is 4.39 Å². The molecule has 0 amide bonds. The summed E-state index contributed by atoms with van der Waals surface area (Å²) in [5, 5.41) is 9.63. The van der Waals surface area contributed by atoms with Gasteiger partial charge in [0.05, 0.1) is 6.61 Å². The van der Waals surface area contributed by atoms with Gasteiger partial charge in [-0.1, -0.05) is 12.1 Å². The van der Waals surface area contributed by atoms with Crippen molar-refractivity contribution in [2.45, 2.75) is 19.4 Å². The van der Waals surface area contributed by atoms with Crippen molar-refractivity contribution in [1.82, 2.24) is 4.90 Å². The zero-order valence-electron chi connectivity index (χ0n) is 10.7. The van der Waals surface area contributed by atoms with Crippen LogP contribution in [0, 0.1) is 11.7 Å².